The highest BCUT2D eigenvalue weighted by atomic mass is 79.9. The van der Waals surface area contributed by atoms with Gasteiger partial charge >= 0.3 is 0 Å². The minimum absolute atomic E-state index is 0.340. The smallest absolute Gasteiger partial charge is 0.175 e. The van der Waals surface area contributed by atoms with Gasteiger partial charge in [0.1, 0.15) is 0 Å². The van der Waals surface area contributed by atoms with Crippen molar-refractivity contribution in [3.8, 4) is 0 Å². The van der Waals surface area contributed by atoms with Crippen LogP contribution in [0, 0.1) is 0 Å². The highest BCUT2D eigenvalue weighted by molar-refractivity contribution is 9.09. The Bertz CT molecular complexity index is 372. The molecule has 0 aliphatic rings. The first-order valence-electron chi connectivity index (χ1n) is 3.64. The molecule has 0 radical (unpaired) electrons. The number of hydrogen-bond acceptors (Lipinski definition) is 3. The molecule has 3 nitrogen and oxygen atoms in total. The topological polar surface area (TPSA) is 46.2 Å². The monoisotopic (exact) mass is 263 g/mol. The van der Waals surface area contributed by atoms with Gasteiger partial charge in [-0.15, -0.1) is 0 Å². The van der Waals surface area contributed by atoms with Crippen LogP contribution in [-0.4, -0.2) is 20.1 Å². The van der Waals surface area contributed by atoms with Crippen molar-refractivity contribution in [2.24, 2.45) is 0 Å². The molecule has 72 valence electrons. The molecule has 1 rings (SSSR count). The van der Waals surface area contributed by atoms with E-state index in [1.807, 2.05) is 0 Å². The van der Waals surface area contributed by atoms with E-state index < -0.39 is 9.84 Å². The molecular formula is C8H10BrNO2S. The molecule has 1 N–H and O–H groups in total. The number of halogens is 1. The normalized spacial score (nSPS) is 11.2. The second-order valence-corrected chi connectivity index (χ2v) is 5.18. The van der Waals surface area contributed by atoms with Crippen molar-refractivity contribution in [2.45, 2.75) is 4.90 Å². The van der Waals surface area contributed by atoms with Crippen LogP contribution in [0.5, 0.6) is 0 Å². The van der Waals surface area contributed by atoms with Gasteiger partial charge < -0.3 is 5.32 Å². The zero-order valence-electron chi connectivity index (χ0n) is 7.12. The predicted molar refractivity (Wildman–Crippen MR) is 57.0 cm³/mol. The van der Waals surface area contributed by atoms with Crippen molar-refractivity contribution in [3.63, 3.8) is 0 Å². The van der Waals surface area contributed by atoms with E-state index in [0.29, 0.717) is 10.3 Å². The van der Waals surface area contributed by atoms with Gasteiger partial charge in [-0.25, -0.2) is 8.42 Å². The van der Waals surface area contributed by atoms with Crippen LogP contribution in [0.1, 0.15) is 0 Å². The highest BCUT2D eigenvalue weighted by Crippen LogP contribution is 2.13. The van der Waals surface area contributed by atoms with E-state index in [2.05, 4.69) is 21.2 Å². The lowest BCUT2D eigenvalue weighted by Gasteiger charge is -2.02. The summed E-state index contributed by atoms with van der Waals surface area (Å²) in [7, 11) is -3.07. The standard InChI is InChI=1S/C8H10BrNO2S/c1-13(11,12)8-4-2-7(3-5-8)10-6-9/h2-5,10H,6H2,1H3. The van der Waals surface area contributed by atoms with Gasteiger partial charge in [-0.3, -0.25) is 0 Å². The van der Waals surface area contributed by atoms with E-state index >= 15 is 0 Å². The SMILES string of the molecule is CS(=O)(=O)c1ccc(NCBr)cc1. The van der Waals surface area contributed by atoms with E-state index in [0.717, 1.165) is 5.69 Å². The first-order valence-corrected chi connectivity index (χ1v) is 6.65. The maximum Gasteiger partial charge on any atom is 0.175 e. The molecule has 0 heterocycles. The Labute approximate surface area is 86.2 Å². The van der Waals surface area contributed by atoms with Crippen molar-refractivity contribution < 1.29 is 8.42 Å². The molecule has 0 amide bonds. The molecule has 1 aromatic rings. The number of sulfone groups is 1. The van der Waals surface area contributed by atoms with Gasteiger partial charge in [0.25, 0.3) is 0 Å². The number of rotatable bonds is 3. The Morgan fingerprint density at radius 2 is 1.85 bits per heavy atom. The number of benzene rings is 1. The molecule has 0 saturated heterocycles. The van der Waals surface area contributed by atoms with Crippen molar-refractivity contribution >= 4 is 31.5 Å². The molecule has 0 unspecified atom stereocenters. The van der Waals surface area contributed by atoms with Gasteiger partial charge in [0.05, 0.1) is 10.3 Å². The van der Waals surface area contributed by atoms with Crippen LogP contribution < -0.4 is 5.32 Å². The molecule has 0 aromatic heterocycles. The van der Waals surface area contributed by atoms with Crippen molar-refractivity contribution in [1.82, 2.24) is 0 Å². The van der Waals surface area contributed by atoms with Gasteiger partial charge in [-0.05, 0) is 24.3 Å². The summed E-state index contributed by atoms with van der Waals surface area (Å²) in [5.41, 5.74) is 1.54. The molecule has 0 saturated carbocycles. The molecule has 0 bridgehead atoms. The Hall–Kier alpha value is -0.550. The Morgan fingerprint density at radius 1 is 1.31 bits per heavy atom. The summed E-state index contributed by atoms with van der Waals surface area (Å²) in [6.07, 6.45) is 1.19. The number of nitrogens with one attached hydrogen (secondary N) is 1. The van der Waals surface area contributed by atoms with Crippen LogP contribution in [0.2, 0.25) is 0 Å². The first-order chi connectivity index (χ1) is 6.04. The molecule has 13 heavy (non-hydrogen) atoms. The Balaban J connectivity index is 2.94. The zero-order chi connectivity index (χ0) is 9.90. The average Bonchev–Trinajstić information content (AvgIpc) is 2.04. The van der Waals surface area contributed by atoms with Crippen molar-refractivity contribution in [3.05, 3.63) is 24.3 Å². The van der Waals surface area contributed by atoms with Crippen LogP contribution in [-0.2, 0) is 9.84 Å². The molecule has 0 aliphatic carbocycles. The quantitative estimate of drug-likeness (QED) is 0.669. The largest absolute Gasteiger partial charge is 0.375 e. The summed E-state index contributed by atoms with van der Waals surface area (Å²) in [6.45, 7) is 0. The lowest BCUT2D eigenvalue weighted by atomic mass is 10.3. The van der Waals surface area contributed by atoms with E-state index in [-0.39, 0.29) is 0 Å². The Kier molecular flexibility index (Phi) is 3.33. The van der Waals surface area contributed by atoms with Crippen LogP contribution in [0.25, 0.3) is 0 Å². The van der Waals surface area contributed by atoms with Crippen LogP contribution in [0.15, 0.2) is 29.2 Å². The maximum absolute atomic E-state index is 11.1. The minimum Gasteiger partial charge on any atom is -0.375 e. The second-order valence-electron chi connectivity index (χ2n) is 2.61. The molecule has 0 atom stereocenters. The lowest BCUT2D eigenvalue weighted by molar-refractivity contribution is 0.602. The number of anilines is 1. The summed E-state index contributed by atoms with van der Waals surface area (Å²) in [5, 5.41) is 3.01. The highest BCUT2D eigenvalue weighted by Gasteiger charge is 2.05. The molecule has 0 aliphatic heterocycles. The summed E-state index contributed by atoms with van der Waals surface area (Å²) in [4.78, 5) is 0.340. The fourth-order valence-electron chi connectivity index (χ4n) is 0.897. The fraction of sp³-hybridized carbons (Fsp3) is 0.250. The summed E-state index contributed by atoms with van der Waals surface area (Å²) >= 11 is 3.21. The van der Waals surface area contributed by atoms with E-state index in [4.69, 9.17) is 0 Å². The van der Waals surface area contributed by atoms with Crippen LogP contribution in [0.4, 0.5) is 5.69 Å². The van der Waals surface area contributed by atoms with E-state index in [1.54, 1.807) is 24.3 Å². The molecule has 5 heteroatoms. The van der Waals surface area contributed by atoms with Gasteiger partial charge in [0, 0.05) is 11.9 Å². The van der Waals surface area contributed by atoms with Gasteiger partial charge in [-0.1, -0.05) is 15.9 Å². The predicted octanol–water partition coefficient (Wildman–Crippen LogP) is 1.85. The van der Waals surface area contributed by atoms with E-state index in [9.17, 15) is 8.42 Å². The van der Waals surface area contributed by atoms with Gasteiger partial charge in [0.15, 0.2) is 9.84 Å². The first kappa shape index (κ1) is 10.5. The number of alkyl halides is 1. The molecule has 1 aromatic carbocycles. The van der Waals surface area contributed by atoms with Crippen LogP contribution >= 0.6 is 15.9 Å². The molecular weight excluding hydrogens is 254 g/mol. The van der Waals surface area contributed by atoms with Gasteiger partial charge in [0.2, 0.25) is 0 Å². The Morgan fingerprint density at radius 3 is 2.23 bits per heavy atom. The summed E-state index contributed by atoms with van der Waals surface area (Å²) < 4.78 is 22.1. The second kappa shape index (κ2) is 4.11. The minimum atomic E-state index is -3.07. The third kappa shape index (κ3) is 3.00. The average molecular weight is 264 g/mol. The van der Waals surface area contributed by atoms with Crippen LogP contribution in [0.3, 0.4) is 0 Å². The van der Waals surface area contributed by atoms with Crippen molar-refractivity contribution in [2.75, 3.05) is 17.0 Å². The fourth-order valence-corrected chi connectivity index (χ4v) is 1.85. The maximum atomic E-state index is 11.1. The third-order valence-electron chi connectivity index (χ3n) is 1.55. The van der Waals surface area contributed by atoms with E-state index in [1.165, 1.54) is 6.26 Å². The third-order valence-corrected chi connectivity index (χ3v) is 2.96. The summed E-state index contributed by atoms with van der Waals surface area (Å²) in [5.74, 6) is 0. The molecule has 0 fully saturated rings. The summed E-state index contributed by atoms with van der Waals surface area (Å²) in [6, 6.07) is 6.63. The van der Waals surface area contributed by atoms with Crippen molar-refractivity contribution in [1.29, 1.82) is 0 Å². The zero-order valence-corrected chi connectivity index (χ0v) is 9.52. The molecule has 0 spiro atoms. The van der Waals surface area contributed by atoms with Gasteiger partial charge in [-0.2, -0.15) is 0 Å². The number of hydrogen-bond donors (Lipinski definition) is 1. The lowest BCUT2D eigenvalue weighted by Crippen LogP contribution is -1.98.